The number of halogens is 1. The Morgan fingerprint density at radius 3 is 2.57 bits per heavy atom. The van der Waals surface area contributed by atoms with E-state index in [1.54, 1.807) is 18.2 Å². The highest BCUT2D eigenvalue weighted by Crippen LogP contribution is 2.35. The van der Waals surface area contributed by atoms with Crippen molar-refractivity contribution >= 4 is 16.9 Å². The minimum absolute atomic E-state index is 0.229. The monoisotopic (exact) mass is 380 g/mol. The van der Waals surface area contributed by atoms with Gasteiger partial charge >= 0.3 is 5.97 Å². The molecule has 5 heteroatoms. The number of esters is 1. The van der Waals surface area contributed by atoms with Crippen molar-refractivity contribution in [2.75, 3.05) is 0 Å². The first kappa shape index (κ1) is 18.7. The Kier molecular flexibility index (Phi) is 4.92. The zero-order valence-electron chi connectivity index (χ0n) is 16.3. The van der Waals surface area contributed by atoms with E-state index in [1.807, 2.05) is 42.8 Å². The lowest BCUT2D eigenvalue weighted by Gasteiger charge is -2.21. The Morgan fingerprint density at radius 2 is 1.86 bits per heavy atom. The molecule has 0 aliphatic heterocycles. The van der Waals surface area contributed by atoms with E-state index in [0.717, 1.165) is 36.8 Å². The van der Waals surface area contributed by atoms with Crippen LogP contribution in [0.2, 0.25) is 0 Å². The van der Waals surface area contributed by atoms with Gasteiger partial charge in [-0.3, -0.25) is 9.48 Å². The van der Waals surface area contributed by atoms with Gasteiger partial charge in [0.15, 0.2) is 0 Å². The largest absolute Gasteiger partial charge is 0.426 e. The minimum Gasteiger partial charge on any atom is -0.426 e. The van der Waals surface area contributed by atoms with E-state index in [-0.39, 0.29) is 17.8 Å². The number of carbonyl (C=O) groups is 1. The summed E-state index contributed by atoms with van der Waals surface area (Å²) in [5.41, 5.74) is 0.511. The van der Waals surface area contributed by atoms with Crippen LogP contribution in [0.1, 0.15) is 51.3 Å². The maximum Gasteiger partial charge on any atom is 0.317 e. The van der Waals surface area contributed by atoms with E-state index in [9.17, 15) is 9.18 Å². The maximum absolute atomic E-state index is 14.6. The van der Waals surface area contributed by atoms with Gasteiger partial charge in [0.25, 0.3) is 0 Å². The zero-order chi connectivity index (χ0) is 19.7. The zero-order valence-corrected chi connectivity index (χ0v) is 16.3. The molecule has 2 aromatic carbocycles. The normalized spacial score (nSPS) is 15.2. The van der Waals surface area contributed by atoms with E-state index >= 15 is 0 Å². The number of hydrogen-bond acceptors (Lipinski definition) is 3. The summed E-state index contributed by atoms with van der Waals surface area (Å²) in [6, 6.07) is 14.4. The fourth-order valence-electron chi connectivity index (χ4n) is 3.98. The van der Waals surface area contributed by atoms with Gasteiger partial charge in [0.2, 0.25) is 0 Å². The number of rotatable bonds is 5. The van der Waals surface area contributed by atoms with Gasteiger partial charge in [-0.1, -0.05) is 43.2 Å². The molecule has 0 bridgehead atoms. The summed E-state index contributed by atoms with van der Waals surface area (Å²) in [5, 5.41) is 5.56. The molecule has 1 aliphatic carbocycles. The number of fused-ring (bicyclic) bond motifs is 1. The third-order valence-electron chi connectivity index (χ3n) is 5.54. The van der Waals surface area contributed by atoms with Gasteiger partial charge in [-0.25, -0.2) is 4.39 Å². The first-order chi connectivity index (χ1) is 13.5. The lowest BCUT2D eigenvalue weighted by Crippen LogP contribution is -2.31. The number of nitrogens with zero attached hydrogens (tertiary/aromatic N) is 2. The summed E-state index contributed by atoms with van der Waals surface area (Å²) >= 11 is 0. The molecule has 0 unspecified atom stereocenters. The van der Waals surface area contributed by atoms with E-state index < -0.39 is 5.41 Å². The van der Waals surface area contributed by atoms with Crippen molar-refractivity contribution in [3.05, 3.63) is 60.0 Å². The molecule has 1 saturated carbocycles. The molecule has 4 rings (SSSR count). The fourth-order valence-corrected chi connectivity index (χ4v) is 3.98. The first-order valence-corrected chi connectivity index (χ1v) is 9.89. The molecule has 1 heterocycles. The van der Waals surface area contributed by atoms with Gasteiger partial charge in [0.1, 0.15) is 17.1 Å². The van der Waals surface area contributed by atoms with Crippen LogP contribution in [0.4, 0.5) is 4.39 Å². The lowest BCUT2D eigenvalue weighted by molar-refractivity contribution is -0.143. The van der Waals surface area contributed by atoms with Crippen LogP contribution in [0, 0.1) is 11.2 Å². The van der Waals surface area contributed by atoms with Crippen molar-refractivity contribution in [3.63, 3.8) is 0 Å². The lowest BCUT2D eigenvalue weighted by atomic mass is 9.87. The molecule has 0 amide bonds. The van der Waals surface area contributed by atoms with Crippen molar-refractivity contribution in [2.24, 2.45) is 5.41 Å². The highest BCUT2D eigenvalue weighted by molar-refractivity contribution is 5.84. The topological polar surface area (TPSA) is 44.1 Å². The molecule has 0 spiro atoms. The Hall–Kier alpha value is -2.69. The predicted molar refractivity (Wildman–Crippen MR) is 107 cm³/mol. The van der Waals surface area contributed by atoms with Crippen molar-refractivity contribution in [2.45, 2.75) is 52.0 Å². The average molecular weight is 380 g/mol. The van der Waals surface area contributed by atoms with E-state index in [2.05, 4.69) is 0 Å². The summed E-state index contributed by atoms with van der Waals surface area (Å²) in [6.07, 6.45) is 4.71. The van der Waals surface area contributed by atoms with Crippen LogP contribution in [0.5, 0.6) is 5.75 Å². The SMILES string of the molecule is CC(C)(Cc1nn(C2CCCC2)c2c(F)cccc12)C(=O)Oc1ccccc1. The molecule has 0 atom stereocenters. The molecule has 3 aromatic rings. The molecule has 0 saturated heterocycles. The van der Waals surface area contributed by atoms with Crippen LogP contribution in [0.15, 0.2) is 48.5 Å². The molecule has 4 nitrogen and oxygen atoms in total. The summed E-state index contributed by atoms with van der Waals surface area (Å²) in [6.45, 7) is 3.69. The number of hydrogen-bond donors (Lipinski definition) is 0. The van der Waals surface area contributed by atoms with Crippen LogP contribution in [-0.2, 0) is 11.2 Å². The number of benzene rings is 2. The van der Waals surface area contributed by atoms with Crippen molar-refractivity contribution in [1.82, 2.24) is 9.78 Å². The highest BCUT2D eigenvalue weighted by atomic mass is 19.1. The predicted octanol–water partition coefficient (Wildman–Crippen LogP) is 5.46. The van der Waals surface area contributed by atoms with Crippen LogP contribution in [0.25, 0.3) is 10.9 Å². The minimum atomic E-state index is -0.788. The number of carbonyl (C=O) groups excluding carboxylic acids is 1. The smallest absolute Gasteiger partial charge is 0.317 e. The van der Waals surface area contributed by atoms with E-state index in [4.69, 9.17) is 9.84 Å². The van der Waals surface area contributed by atoms with E-state index in [0.29, 0.717) is 17.7 Å². The highest BCUT2D eigenvalue weighted by Gasteiger charge is 2.33. The van der Waals surface area contributed by atoms with Crippen molar-refractivity contribution in [3.8, 4) is 5.75 Å². The van der Waals surface area contributed by atoms with Gasteiger partial charge in [-0.15, -0.1) is 0 Å². The van der Waals surface area contributed by atoms with Gasteiger partial charge in [-0.05, 0) is 44.9 Å². The number of para-hydroxylation sites is 2. The Balaban J connectivity index is 1.65. The third kappa shape index (κ3) is 3.53. The second-order valence-corrected chi connectivity index (χ2v) is 8.23. The molecule has 0 radical (unpaired) electrons. The number of aromatic nitrogens is 2. The van der Waals surface area contributed by atoms with Crippen molar-refractivity contribution < 1.29 is 13.9 Å². The molecule has 146 valence electrons. The summed E-state index contributed by atoms with van der Waals surface area (Å²) in [4.78, 5) is 12.8. The Labute approximate surface area is 164 Å². The summed E-state index contributed by atoms with van der Waals surface area (Å²) in [5.74, 6) is -0.0561. The van der Waals surface area contributed by atoms with Gasteiger partial charge in [0, 0.05) is 11.8 Å². The molecule has 1 aliphatic rings. The third-order valence-corrected chi connectivity index (χ3v) is 5.54. The Morgan fingerprint density at radius 1 is 1.14 bits per heavy atom. The van der Waals surface area contributed by atoms with Crippen LogP contribution in [0.3, 0.4) is 0 Å². The standard InChI is InChI=1S/C23H25FN2O2/c1-23(2,22(27)28-17-11-4-3-5-12-17)15-20-18-13-8-14-19(24)21(18)26(25-20)16-9-6-7-10-16/h3-5,8,11-14,16H,6-7,9-10,15H2,1-2H3. The Bertz CT molecular complexity index is 989. The molecular weight excluding hydrogens is 355 g/mol. The van der Waals surface area contributed by atoms with Crippen LogP contribution >= 0.6 is 0 Å². The molecule has 1 fully saturated rings. The first-order valence-electron chi connectivity index (χ1n) is 9.89. The van der Waals surface area contributed by atoms with Gasteiger partial charge in [-0.2, -0.15) is 5.10 Å². The number of ether oxygens (including phenoxy) is 1. The molecule has 0 N–H and O–H groups in total. The van der Waals surface area contributed by atoms with Gasteiger partial charge < -0.3 is 4.74 Å². The second-order valence-electron chi connectivity index (χ2n) is 8.23. The maximum atomic E-state index is 14.6. The summed E-state index contributed by atoms with van der Waals surface area (Å²) in [7, 11) is 0. The van der Waals surface area contributed by atoms with Crippen molar-refractivity contribution in [1.29, 1.82) is 0 Å². The van der Waals surface area contributed by atoms with Gasteiger partial charge in [0.05, 0.1) is 17.2 Å². The molecule has 28 heavy (non-hydrogen) atoms. The van der Waals surface area contributed by atoms with Crippen LogP contribution < -0.4 is 4.74 Å². The fraction of sp³-hybridized carbons (Fsp3) is 0.391. The quantitative estimate of drug-likeness (QED) is 0.436. The molecule has 1 aromatic heterocycles. The molecular formula is C23H25FN2O2. The van der Waals surface area contributed by atoms with Crippen LogP contribution in [-0.4, -0.2) is 15.7 Å². The summed E-state index contributed by atoms with van der Waals surface area (Å²) < 4.78 is 22.0. The van der Waals surface area contributed by atoms with E-state index in [1.165, 1.54) is 6.07 Å². The second kappa shape index (κ2) is 7.38. The average Bonchev–Trinajstić information content (AvgIpc) is 3.31.